The van der Waals surface area contributed by atoms with E-state index in [1.54, 1.807) is 0 Å². The third-order valence-electron chi connectivity index (χ3n) is 3.76. The van der Waals surface area contributed by atoms with E-state index in [0.29, 0.717) is 25.4 Å². The number of rotatable bonds is 6. The van der Waals surface area contributed by atoms with Gasteiger partial charge in [0.15, 0.2) is 0 Å². The van der Waals surface area contributed by atoms with Crippen molar-refractivity contribution in [3.8, 4) is 0 Å². The van der Waals surface area contributed by atoms with E-state index < -0.39 is 11.4 Å². The Morgan fingerprint density at radius 1 is 1.38 bits per heavy atom. The number of nitrogens with one attached hydrogen (secondary N) is 1. The molecule has 1 rings (SSSR count). The van der Waals surface area contributed by atoms with Crippen LogP contribution >= 0.6 is 11.8 Å². The number of carbonyl (C=O) groups is 1. The number of aliphatic carboxylic acids is 1. The van der Waals surface area contributed by atoms with Crippen LogP contribution in [0.5, 0.6) is 0 Å². The van der Waals surface area contributed by atoms with Gasteiger partial charge in [-0.3, -0.25) is 4.79 Å². The molecule has 0 saturated carbocycles. The highest BCUT2D eigenvalue weighted by molar-refractivity contribution is 7.99. The van der Waals surface area contributed by atoms with E-state index in [9.17, 15) is 9.90 Å². The van der Waals surface area contributed by atoms with Crippen LogP contribution in [0.1, 0.15) is 39.5 Å². The summed E-state index contributed by atoms with van der Waals surface area (Å²) in [6.07, 6.45) is 3.75. The first-order valence-corrected chi connectivity index (χ1v) is 7.34. The van der Waals surface area contributed by atoms with E-state index in [4.69, 9.17) is 0 Å². The summed E-state index contributed by atoms with van der Waals surface area (Å²) in [6, 6.07) is 0.526. The molecule has 2 N–H and O–H groups in total. The highest BCUT2D eigenvalue weighted by atomic mass is 32.2. The molecule has 16 heavy (non-hydrogen) atoms. The average Bonchev–Trinajstić information content (AvgIpc) is 2.32. The third kappa shape index (κ3) is 3.39. The molecule has 1 aliphatic rings. The van der Waals surface area contributed by atoms with Gasteiger partial charge in [0.1, 0.15) is 0 Å². The second kappa shape index (κ2) is 6.50. The first kappa shape index (κ1) is 13.8. The van der Waals surface area contributed by atoms with Gasteiger partial charge in [-0.25, -0.2) is 0 Å². The molecule has 0 aromatic carbocycles. The maximum absolute atomic E-state index is 11.3. The smallest absolute Gasteiger partial charge is 0.310 e. The lowest BCUT2D eigenvalue weighted by atomic mass is 9.82. The van der Waals surface area contributed by atoms with Crippen LogP contribution < -0.4 is 5.32 Å². The maximum atomic E-state index is 11.3. The van der Waals surface area contributed by atoms with Gasteiger partial charge < -0.3 is 10.4 Å². The number of hydrogen-bond donors (Lipinski definition) is 2. The molecule has 0 aromatic rings. The molecule has 94 valence electrons. The maximum Gasteiger partial charge on any atom is 0.310 e. The fourth-order valence-electron chi connectivity index (χ4n) is 2.12. The van der Waals surface area contributed by atoms with E-state index >= 15 is 0 Å². The summed E-state index contributed by atoms with van der Waals surface area (Å²) in [5, 5.41) is 12.8. The van der Waals surface area contributed by atoms with Crippen molar-refractivity contribution in [3.05, 3.63) is 0 Å². The molecule has 0 aromatic heterocycles. The van der Waals surface area contributed by atoms with E-state index in [-0.39, 0.29) is 0 Å². The Hall–Kier alpha value is -0.220. The van der Waals surface area contributed by atoms with E-state index in [1.807, 2.05) is 25.6 Å². The van der Waals surface area contributed by atoms with Crippen LogP contribution in [0.25, 0.3) is 0 Å². The molecule has 0 bridgehead atoms. The lowest BCUT2D eigenvalue weighted by molar-refractivity contribution is -0.149. The summed E-state index contributed by atoms with van der Waals surface area (Å²) in [7, 11) is 0. The van der Waals surface area contributed by atoms with Gasteiger partial charge in [-0.15, -0.1) is 0 Å². The molecular formula is C12H23NO2S. The van der Waals surface area contributed by atoms with Gasteiger partial charge in [0.2, 0.25) is 0 Å². The summed E-state index contributed by atoms with van der Waals surface area (Å²) in [5.41, 5.74) is -0.565. The highest BCUT2D eigenvalue weighted by Crippen LogP contribution is 2.27. The minimum atomic E-state index is -0.657. The van der Waals surface area contributed by atoms with Gasteiger partial charge in [-0.2, -0.15) is 11.8 Å². The summed E-state index contributed by atoms with van der Waals surface area (Å²) >= 11 is 1.99. The predicted octanol–water partition coefficient (Wildman–Crippen LogP) is 2.36. The van der Waals surface area contributed by atoms with Crippen LogP contribution in [-0.4, -0.2) is 35.2 Å². The van der Waals surface area contributed by atoms with Crippen molar-refractivity contribution in [2.24, 2.45) is 5.41 Å². The Morgan fingerprint density at radius 2 is 1.94 bits per heavy atom. The SMILES string of the molecule is CCC(CC)(CNC1CCSCC1)C(=O)O. The monoisotopic (exact) mass is 245 g/mol. The second-order valence-electron chi connectivity index (χ2n) is 4.56. The normalized spacial score (nSPS) is 18.6. The molecule has 1 heterocycles. The Balaban J connectivity index is 2.45. The predicted molar refractivity (Wildman–Crippen MR) is 69.0 cm³/mol. The van der Waals surface area contributed by atoms with E-state index in [1.165, 1.54) is 24.3 Å². The average molecular weight is 245 g/mol. The quantitative estimate of drug-likeness (QED) is 0.754. The first-order chi connectivity index (χ1) is 7.64. The van der Waals surface area contributed by atoms with Crippen molar-refractivity contribution in [1.29, 1.82) is 0 Å². The number of thioether (sulfide) groups is 1. The van der Waals surface area contributed by atoms with Gasteiger partial charge >= 0.3 is 5.97 Å². The second-order valence-corrected chi connectivity index (χ2v) is 5.78. The summed E-state index contributed by atoms with van der Waals surface area (Å²) in [4.78, 5) is 11.3. The standard InChI is InChI=1S/C12H23NO2S/c1-3-12(4-2,11(14)15)9-13-10-5-7-16-8-6-10/h10,13H,3-9H2,1-2H3,(H,14,15). The van der Waals surface area contributed by atoms with Crippen LogP contribution in [0.2, 0.25) is 0 Å². The van der Waals surface area contributed by atoms with Crippen molar-refractivity contribution in [3.63, 3.8) is 0 Å². The number of carboxylic acid groups (broad SMARTS) is 1. The van der Waals surface area contributed by atoms with Crippen molar-refractivity contribution >= 4 is 17.7 Å². The molecule has 0 unspecified atom stereocenters. The Kier molecular flexibility index (Phi) is 5.62. The van der Waals surface area contributed by atoms with Crippen LogP contribution in [-0.2, 0) is 4.79 Å². The molecule has 4 heteroatoms. The zero-order chi connectivity index (χ0) is 12.0. The van der Waals surface area contributed by atoms with E-state index in [0.717, 1.165) is 0 Å². The molecule has 0 radical (unpaired) electrons. The van der Waals surface area contributed by atoms with Crippen molar-refractivity contribution in [2.45, 2.75) is 45.6 Å². The fraction of sp³-hybridized carbons (Fsp3) is 0.917. The third-order valence-corrected chi connectivity index (χ3v) is 4.81. The van der Waals surface area contributed by atoms with Crippen LogP contribution in [0, 0.1) is 5.41 Å². The van der Waals surface area contributed by atoms with Crippen molar-refractivity contribution < 1.29 is 9.90 Å². The van der Waals surface area contributed by atoms with Crippen LogP contribution in [0.3, 0.4) is 0 Å². The van der Waals surface area contributed by atoms with Gasteiger partial charge in [0, 0.05) is 12.6 Å². The lowest BCUT2D eigenvalue weighted by Crippen LogP contribution is -2.45. The van der Waals surface area contributed by atoms with Gasteiger partial charge in [0.25, 0.3) is 0 Å². The van der Waals surface area contributed by atoms with Gasteiger partial charge in [-0.05, 0) is 37.2 Å². The number of carboxylic acids is 1. The minimum absolute atomic E-state index is 0.526. The van der Waals surface area contributed by atoms with Gasteiger partial charge in [-0.1, -0.05) is 13.8 Å². The Morgan fingerprint density at radius 3 is 2.38 bits per heavy atom. The molecule has 0 amide bonds. The lowest BCUT2D eigenvalue weighted by Gasteiger charge is -2.31. The molecule has 3 nitrogen and oxygen atoms in total. The zero-order valence-electron chi connectivity index (χ0n) is 10.3. The molecular weight excluding hydrogens is 222 g/mol. The fourth-order valence-corrected chi connectivity index (χ4v) is 3.23. The summed E-state index contributed by atoms with van der Waals surface area (Å²) in [6.45, 7) is 4.55. The Labute approximate surface area is 102 Å². The molecule has 1 aliphatic heterocycles. The topological polar surface area (TPSA) is 49.3 Å². The molecule has 1 saturated heterocycles. The summed E-state index contributed by atoms with van der Waals surface area (Å²) < 4.78 is 0. The van der Waals surface area contributed by atoms with Crippen molar-refractivity contribution in [2.75, 3.05) is 18.1 Å². The molecule has 0 spiro atoms. The molecule has 0 aliphatic carbocycles. The Bertz CT molecular complexity index is 223. The highest BCUT2D eigenvalue weighted by Gasteiger charge is 2.35. The molecule has 1 fully saturated rings. The largest absolute Gasteiger partial charge is 0.481 e. The van der Waals surface area contributed by atoms with Crippen molar-refractivity contribution in [1.82, 2.24) is 5.32 Å². The van der Waals surface area contributed by atoms with Gasteiger partial charge in [0.05, 0.1) is 5.41 Å². The zero-order valence-corrected chi connectivity index (χ0v) is 11.1. The van der Waals surface area contributed by atoms with E-state index in [2.05, 4.69) is 5.32 Å². The summed E-state index contributed by atoms with van der Waals surface area (Å²) in [5.74, 6) is 1.75. The first-order valence-electron chi connectivity index (χ1n) is 6.19. The van der Waals surface area contributed by atoms with Crippen LogP contribution in [0.4, 0.5) is 0 Å². The number of hydrogen-bond acceptors (Lipinski definition) is 3. The minimum Gasteiger partial charge on any atom is -0.481 e. The molecule has 0 atom stereocenters. The van der Waals surface area contributed by atoms with Crippen LogP contribution in [0.15, 0.2) is 0 Å².